The van der Waals surface area contributed by atoms with E-state index in [-0.39, 0.29) is 5.56 Å². The maximum absolute atomic E-state index is 11.8. The summed E-state index contributed by atoms with van der Waals surface area (Å²) >= 11 is 8.90. The molecule has 0 atom stereocenters. The third-order valence-electron chi connectivity index (χ3n) is 2.60. The molecular formula is C12H9ClN4OS2. The van der Waals surface area contributed by atoms with Crippen molar-refractivity contribution < 1.29 is 0 Å². The Balaban J connectivity index is 1.88. The van der Waals surface area contributed by atoms with Gasteiger partial charge in [-0.2, -0.15) is 9.61 Å². The molecule has 0 aliphatic carbocycles. The van der Waals surface area contributed by atoms with E-state index in [4.69, 9.17) is 17.3 Å². The standard InChI is InChI=1S/C12H9ClN4OS2/c13-8-2-1-3-9(14)11(8)19-5-7-4-10(18)17-12(16-7)20-6-15-17/h1-4,6H,5,14H2. The van der Waals surface area contributed by atoms with Gasteiger partial charge in [-0.1, -0.05) is 29.0 Å². The summed E-state index contributed by atoms with van der Waals surface area (Å²) in [5.74, 6) is 0.525. The fourth-order valence-corrected chi connectivity index (χ4v) is 3.57. The van der Waals surface area contributed by atoms with Crippen molar-refractivity contribution in [1.82, 2.24) is 14.6 Å². The minimum atomic E-state index is -0.181. The summed E-state index contributed by atoms with van der Waals surface area (Å²) in [6.07, 6.45) is 0. The van der Waals surface area contributed by atoms with Gasteiger partial charge in [0.2, 0.25) is 4.96 Å². The lowest BCUT2D eigenvalue weighted by Crippen LogP contribution is -2.14. The van der Waals surface area contributed by atoms with Gasteiger partial charge in [-0.15, -0.1) is 11.8 Å². The van der Waals surface area contributed by atoms with Crippen molar-refractivity contribution in [3.8, 4) is 0 Å². The van der Waals surface area contributed by atoms with Crippen LogP contribution in [0.25, 0.3) is 4.96 Å². The molecule has 0 bridgehead atoms. The van der Waals surface area contributed by atoms with E-state index in [1.54, 1.807) is 23.7 Å². The third-order valence-corrected chi connectivity index (χ3v) is 4.89. The quantitative estimate of drug-likeness (QED) is 0.592. The summed E-state index contributed by atoms with van der Waals surface area (Å²) in [6.45, 7) is 0. The Morgan fingerprint density at radius 1 is 1.45 bits per heavy atom. The second kappa shape index (κ2) is 5.43. The van der Waals surface area contributed by atoms with Gasteiger partial charge < -0.3 is 5.73 Å². The topological polar surface area (TPSA) is 73.3 Å². The number of nitrogens with two attached hydrogens (primary N) is 1. The fourth-order valence-electron chi connectivity index (χ4n) is 1.70. The Morgan fingerprint density at radius 3 is 3.10 bits per heavy atom. The van der Waals surface area contributed by atoms with E-state index in [0.717, 1.165) is 4.90 Å². The number of benzene rings is 1. The highest BCUT2D eigenvalue weighted by molar-refractivity contribution is 7.98. The second-order valence-electron chi connectivity index (χ2n) is 3.97. The van der Waals surface area contributed by atoms with Crippen LogP contribution in [0.2, 0.25) is 5.02 Å². The first kappa shape index (κ1) is 13.4. The Kier molecular flexibility index (Phi) is 3.64. The Bertz CT molecular complexity index is 809. The fraction of sp³-hybridized carbons (Fsp3) is 0.0833. The van der Waals surface area contributed by atoms with Gasteiger partial charge in [0, 0.05) is 22.4 Å². The minimum absolute atomic E-state index is 0.181. The molecule has 2 heterocycles. The average molecular weight is 325 g/mol. The molecule has 20 heavy (non-hydrogen) atoms. The minimum Gasteiger partial charge on any atom is -0.398 e. The van der Waals surface area contributed by atoms with Crippen molar-refractivity contribution in [1.29, 1.82) is 0 Å². The van der Waals surface area contributed by atoms with E-state index in [2.05, 4.69) is 10.1 Å². The smallest absolute Gasteiger partial charge is 0.275 e. The van der Waals surface area contributed by atoms with E-state index >= 15 is 0 Å². The molecule has 5 nitrogen and oxygen atoms in total. The Labute approximate surface area is 127 Å². The molecule has 2 aromatic heterocycles. The normalized spacial score (nSPS) is 11.1. The number of fused-ring (bicyclic) bond motifs is 1. The molecule has 8 heteroatoms. The highest BCUT2D eigenvalue weighted by Crippen LogP contribution is 2.34. The van der Waals surface area contributed by atoms with E-state index in [1.165, 1.54) is 33.7 Å². The van der Waals surface area contributed by atoms with Gasteiger partial charge in [0.15, 0.2) is 0 Å². The van der Waals surface area contributed by atoms with Crippen molar-refractivity contribution in [2.45, 2.75) is 10.6 Å². The van der Waals surface area contributed by atoms with Gasteiger partial charge in [0.25, 0.3) is 5.56 Å². The first-order valence-electron chi connectivity index (χ1n) is 5.64. The number of hydrogen-bond acceptors (Lipinski definition) is 6. The number of halogens is 1. The van der Waals surface area contributed by atoms with Crippen LogP contribution in [0.1, 0.15) is 5.69 Å². The maximum Gasteiger partial charge on any atom is 0.275 e. The van der Waals surface area contributed by atoms with E-state index in [0.29, 0.717) is 27.1 Å². The van der Waals surface area contributed by atoms with Crippen LogP contribution in [0, 0.1) is 0 Å². The summed E-state index contributed by atoms with van der Waals surface area (Å²) in [4.78, 5) is 17.6. The molecule has 102 valence electrons. The highest BCUT2D eigenvalue weighted by atomic mass is 35.5. The zero-order valence-corrected chi connectivity index (χ0v) is 12.5. The van der Waals surface area contributed by atoms with Crippen LogP contribution in [0.15, 0.2) is 39.5 Å². The van der Waals surface area contributed by atoms with Crippen LogP contribution in [0.4, 0.5) is 5.69 Å². The third kappa shape index (κ3) is 2.52. The average Bonchev–Trinajstić information content (AvgIpc) is 2.87. The molecule has 0 fully saturated rings. The molecule has 0 radical (unpaired) electrons. The van der Waals surface area contributed by atoms with Gasteiger partial charge in [0.1, 0.15) is 5.51 Å². The largest absolute Gasteiger partial charge is 0.398 e. The number of thioether (sulfide) groups is 1. The summed E-state index contributed by atoms with van der Waals surface area (Å²) in [5.41, 5.74) is 8.61. The number of aromatic nitrogens is 3. The highest BCUT2D eigenvalue weighted by Gasteiger charge is 2.08. The lowest BCUT2D eigenvalue weighted by atomic mass is 10.3. The van der Waals surface area contributed by atoms with Gasteiger partial charge in [-0.05, 0) is 12.1 Å². The lowest BCUT2D eigenvalue weighted by Gasteiger charge is -2.06. The molecule has 0 saturated heterocycles. The van der Waals surface area contributed by atoms with Gasteiger partial charge >= 0.3 is 0 Å². The zero-order valence-electron chi connectivity index (χ0n) is 10.1. The molecule has 0 unspecified atom stereocenters. The lowest BCUT2D eigenvalue weighted by molar-refractivity contribution is 0.888. The van der Waals surface area contributed by atoms with Crippen LogP contribution >= 0.6 is 34.7 Å². The van der Waals surface area contributed by atoms with Crippen molar-refractivity contribution in [2.24, 2.45) is 0 Å². The molecule has 3 aromatic rings. The zero-order chi connectivity index (χ0) is 14.1. The maximum atomic E-state index is 11.8. The van der Waals surface area contributed by atoms with Gasteiger partial charge in [-0.3, -0.25) is 4.79 Å². The van der Waals surface area contributed by atoms with Crippen LogP contribution in [0.5, 0.6) is 0 Å². The second-order valence-corrected chi connectivity index (χ2v) is 6.17. The Morgan fingerprint density at radius 2 is 2.30 bits per heavy atom. The number of nitrogen functional groups attached to an aromatic ring is 1. The van der Waals surface area contributed by atoms with E-state index in [1.807, 2.05) is 0 Å². The van der Waals surface area contributed by atoms with Crippen molar-refractivity contribution >= 4 is 45.3 Å². The molecule has 0 aliphatic heterocycles. The molecule has 0 amide bonds. The predicted molar refractivity (Wildman–Crippen MR) is 82.6 cm³/mol. The van der Waals surface area contributed by atoms with E-state index in [9.17, 15) is 4.79 Å². The Hall–Kier alpha value is -1.57. The van der Waals surface area contributed by atoms with Crippen LogP contribution in [-0.4, -0.2) is 14.6 Å². The number of rotatable bonds is 3. The number of hydrogen-bond donors (Lipinski definition) is 1. The van der Waals surface area contributed by atoms with Crippen molar-refractivity contribution in [3.05, 3.63) is 50.8 Å². The van der Waals surface area contributed by atoms with Crippen LogP contribution in [0.3, 0.4) is 0 Å². The van der Waals surface area contributed by atoms with E-state index < -0.39 is 0 Å². The van der Waals surface area contributed by atoms with Gasteiger partial charge in [-0.25, -0.2) is 4.98 Å². The predicted octanol–water partition coefficient (Wildman–Crippen LogP) is 2.68. The first-order valence-corrected chi connectivity index (χ1v) is 7.89. The molecule has 0 saturated carbocycles. The molecular weight excluding hydrogens is 316 g/mol. The number of anilines is 1. The van der Waals surface area contributed by atoms with Crippen LogP contribution < -0.4 is 11.3 Å². The summed E-state index contributed by atoms with van der Waals surface area (Å²) in [5, 5.41) is 4.52. The van der Waals surface area contributed by atoms with Crippen molar-refractivity contribution in [3.63, 3.8) is 0 Å². The molecule has 0 spiro atoms. The summed E-state index contributed by atoms with van der Waals surface area (Å²) < 4.78 is 1.28. The summed E-state index contributed by atoms with van der Waals surface area (Å²) in [7, 11) is 0. The molecule has 3 rings (SSSR count). The molecule has 1 aromatic carbocycles. The monoisotopic (exact) mass is 324 g/mol. The number of nitrogens with zero attached hydrogens (tertiary/aromatic N) is 3. The molecule has 2 N–H and O–H groups in total. The first-order chi connectivity index (χ1) is 9.65. The SMILES string of the molecule is Nc1cccc(Cl)c1SCc1cc(=O)n2ncsc2n1. The van der Waals surface area contributed by atoms with Gasteiger partial charge in [0.05, 0.1) is 10.7 Å². The summed E-state index contributed by atoms with van der Waals surface area (Å²) in [6, 6.07) is 6.86. The van der Waals surface area contributed by atoms with Crippen molar-refractivity contribution in [2.75, 3.05) is 5.73 Å². The van der Waals surface area contributed by atoms with Crippen LogP contribution in [-0.2, 0) is 5.75 Å². The molecule has 0 aliphatic rings.